The SMILES string of the molecule is Cc1cc(C)c(NC(=O)CCCC(=O)N(C)c2ccccc2)c(C)c1. The first kappa shape index (κ1) is 18.7. The van der Waals surface area contributed by atoms with Crippen molar-refractivity contribution in [3.8, 4) is 0 Å². The summed E-state index contributed by atoms with van der Waals surface area (Å²) in [4.78, 5) is 26.0. The van der Waals surface area contributed by atoms with Gasteiger partial charge in [0.1, 0.15) is 0 Å². The van der Waals surface area contributed by atoms with Crippen molar-refractivity contribution in [1.82, 2.24) is 0 Å². The van der Waals surface area contributed by atoms with E-state index < -0.39 is 0 Å². The van der Waals surface area contributed by atoms with Crippen LogP contribution in [-0.2, 0) is 9.59 Å². The maximum atomic E-state index is 12.2. The Morgan fingerprint density at radius 1 is 0.960 bits per heavy atom. The van der Waals surface area contributed by atoms with Crippen molar-refractivity contribution in [2.75, 3.05) is 17.3 Å². The van der Waals surface area contributed by atoms with E-state index in [1.54, 1.807) is 11.9 Å². The quantitative estimate of drug-likeness (QED) is 0.849. The molecule has 0 spiro atoms. The van der Waals surface area contributed by atoms with Gasteiger partial charge in [-0.05, 0) is 50.5 Å². The van der Waals surface area contributed by atoms with Gasteiger partial charge in [-0.15, -0.1) is 0 Å². The second kappa shape index (κ2) is 8.47. The molecule has 2 aromatic rings. The third kappa shape index (κ3) is 5.18. The van der Waals surface area contributed by atoms with Crippen molar-refractivity contribution in [2.24, 2.45) is 0 Å². The Morgan fingerprint density at radius 2 is 1.56 bits per heavy atom. The molecule has 0 saturated heterocycles. The van der Waals surface area contributed by atoms with E-state index in [1.807, 2.05) is 51.1 Å². The number of anilines is 2. The molecule has 0 heterocycles. The molecule has 4 heteroatoms. The van der Waals surface area contributed by atoms with Crippen molar-refractivity contribution in [3.05, 3.63) is 59.2 Å². The van der Waals surface area contributed by atoms with Crippen LogP contribution < -0.4 is 10.2 Å². The third-order valence-electron chi connectivity index (χ3n) is 4.25. The lowest BCUT2D eigenvalue weighted by atomic mass is 10.0. The highest BCUT2D eigenvalue weighted by Gasteiger charge is 2.12. The number of nitrogens with zero attached hydrogens (tertiary/aromatic N) is 1. The van der Waals surface area contributed by atoms with Gasteiger partial charge in [0, 0.05) is 31.3 Å². The molecule has 0 aliphatic carbocycles. The summed E-state index contributed by atoms with van der Waals surface area (Å²) in [5.74, 6) is -0.0353. The van der Waals surface area contributed by atoms with Crippen molar-refractivity contribution in [1.29, 1.82) is 0 Å². The van der Waals surface area contributed by atoms with E-state index in [4.69, 9.17) is 0 Å². The average molecular weight is 338 g/mol. The summed E-state index contributed by atoms with van der Waals surface area (Å²) in [6.07, 6.45) is 1.22. The highest BCUT2D eigenvalue weighted by molar-refractivity contribution is 5.94. The molecule has 1 N–H and O–H groups in total. The predicted molar refractivity (Wildman–Crippen MR) is 103 cm³/mol. The van der Waals surface area contributed by atoms with E-state index >= 15 is 0 Å². The maximum absolute atomic E-state index is 12.2. The van der Waals surface area contributed by atoms with E-state index in [0.29, 0.717) is 19.3 Å². The standard InChI is InChI=1S/C21H26N2O2/c1-15-13-16(2)21(17(3)14-15)22-19(24)11-8-12-20(25)23(4)18-9-6-5-7-10-18/h5-7,9-10,13-14H,8,11-12H2,1-4H3,(H,22,24). The Bertz CT molecular complexity index is 731. The Morgan fingerprint density at radius 3 is 2.16 bits per heavy atom. The minimum absolute atomic E-state index is 0.0155. The van der Waals surface area contributed by atoms with Gasteiger partial charge in [0.2, 0.25) is 11.8 Å². The molecule has 132 valence electrons. The van der Waals surface area contributed by atoms with E-state index in [9.17, 15) is 9.59 Å². The lowest BCUT2D eigenvalue weighted by molar-refractivity contribution is -0.118. The fourth-order valence-electron chi connectivity index (χ4n) is 2.94. The fraction of sp³-hybridized carbons (Fsp3) is 0.333. The van der Waals surface area contributed by atoms with Crippen LogP contribution in [0.3, 0.4) is 0 Å². The summed E-state index contributed by atoms with van der Waals surface area (Å²) in [5.41, 5.74) is 5.05. The van der Waals surface area contributed by atoms with Crippen LogP contribution >= 0.6 is 0 Å². The molecule has 0 fully saturated rings. The van der Waals surface area contributed by atoms with Gasteiger partial charge >= 0.3 is 0 Å². The molecule has 2 amide bonds. The number of amides is 2. The Hall–Kier alpha value is -2.62. The van der Waals surface area contributed by atoms with Gasteiger partial charge < -0.3 is 10.2 Å². The van der Waals surface area contributed by atoms with Crippen molar-refractivity contribution < 1.29 is 9.59 Å². The molecule has 0 aliphatic rings. The van der Waals surface area contributed by atoms with Crippen LogP contribution in [0, 0.1) is 20.8 Å². The molecule has 25 heavy (non-hydrogen) atoms. The van der Waals surface area contributed by atoms with Crippen LogP contribution in [0.4, 0.5) is 11.4 Å². The molecule has 0 radical (unpaired) electrons. The molecule has 0 bridgehead atoms. The number of nitrogens with one attached hydrogen (secondary N) is 1. The van der Waals surface area contributed by atoms with Crippen LogP contribution in [-0.4, -0.2) is 18.9 Å². The molecule has 0 atom stereocenters. The number of para-hydroxylation sites is 1. The van der Waals surface area contributed by atoms with Gasteiger partial charge in [0.25, 0.3) is 0 Å². The molecule has 0 saturated carbocycles. The van der Waals surface area contributed by atoms with Crippen LogP contribution in [0.5, 0.6) is 0 Å². The Balaban J connectivity index is 1.84. The van der Waals surface area contributed by atoms with E-state index in [2.05, 4.69) is 17.4 Å². The van der Waals surface area contributed by atoms with E-state index in [-0.39, 0.29) is 11.8 Å². The summed E-state index contributed by atoms with van der Waals surface area (Å²) in [5, 5.41) is 2.98. The second-order valence-corrected chi connectivity index (χ2v) is 6.46. The zero-order chi connectivity index (χ0) is 18.4. The molecule has 0 aromatic heterocycles. The van der Waals surface area contributed by atoms with Gasteiger partial charge in [0.05, 0.1) is 0 Å². The number of benzene rings is 2. The molecule has 0 aliphatic heterocycles. The first-order valence-electron chi connectivity index (χ1n) is 8.58. The molecule has 2 rings (SSSR count). The Labute approximate surface area is 149 Å². The van der Waals surface area contributed by atoms with Gasteiger partial charge in [-0.1, -0.05) is 35.9 Å². The Kier molecular flexibility index (Phi) is 6.34. The second-order valence-electron chi connectivity index (χ2n) is 6.46. The number of hydrogen-bond acceptors (Lipinski definition) is 2. The first-order valence-corrected chi connectivity index (χ1v) is 8.58. The molecule has 4 nitrogen and oxygen atoms in total. The molecular weight excluding hydrogens is 312 g/mol. The topological polar surface area (TPSA) is 49.4 Å². The van der Waals surface area contributed by atoms with Gasteiger partial charge in [-0.25, -0.2) is 0 Å². The van der Waals surface area contributed by atoms with Gasteiger partial charge in [0.15, 0.2) is 0 Å². The number of carbonyl (C=O) groups is 2. The van der Waals surface area contributed by atoms with E-state index in [0.717, 1.165) is 22.5 Å². The monoisotopic (exact) mass is 338 g/mol. The van der Waals surface area contributed by atoms with Crippen LogP contribution in [0.25, 0.3) is 0 Å². The molecule has 2 aromatic carbocycles. The van der Waals surface area contributed by atoms with Crippen LogP contribution in [0.15, 0.2) is 42.5 Å². The number of carbonyl (C=O) groups excluding carboxylic acids is 2. The number of hydrogen-bond donors (Lipinski definition) is 1. The summed E-state index contributed by atoms with van der Waals surface area (Å²) in [7, 11) is 1.76. The molecular formula is C21H26N2O2. The van der Waals surface area contributed by atoms with E-state index in [1.165, 1.54) is 5.56 Å². The fourth-order valence-corrected chi connectivity index (χ4v) is 2.94. The number of aryl methyl sites for hydroxylation is 3. The highest BCUT2D eigenvalue weighted by Crippen LogP contribution is 2.22. The number of rotatable bonds is 6. The predicted octanol–water partition coefficient (Wildman–Crippen LogP) is 4.38. The van der Waals surface area contributed by atoms with Crippen molar-refractivity contribution in [2.45, 2.75) is 40.0 Å². The maximum Gasteiger partial charge on any atom is 0.226 e. The average Bonchev–Trinajstić information content (AvgIpc) is 2.58. The van der Waals surface area contributed by atoms with Gasteiger partial charge in [-0.3, -0.25) is 9.59 Å². The summed E-state index contributed by atoms with van der Waals surface area (Å²) in [6, 6.07) is 13.6. The largest absolute Gasteiger partial charge is 0.326 e. The first-order chi connectivity index (χ1) is 11.9. The molecule has 0 unspecified atom stereocenters. The van der Waals surface area contributed by atoms with Crippen LogP contribution in [0.1, 0.15) is 36.0 Å². The van der Waals surface area contributed by atoms with Gasteiger partial charge in [-0.2, -0.15) is 0 Å². The van der Waals surface area contributed by atoms with Crippen LogP contribution in [0.2, 0.25) is 0 Å². The third-order valence-corrected chi connectivity index (χ3v) is 4.25. The van der Waals surface area contributed by atoms with Crippen molar-refractivity contribution >= 4 is 23.2 Å². The minimum atomic E-state index is -0.0507. The lowest BCUT2D eigenvalue weighted by Crippen LogP contribution is -2.26. The normalized spacial score (nSPS) is 10.4. The zero-order valence-corrected chi connectivity index (χ0v) is 15.4. The lowest BCUT2D eigenvalue weighted by Gasteiger charge is -2.17. The summed E-state index contributed by atoms with van der Waals surface area (Å²) >= 11 is 0. The minimum Gasteiger partial charge on any atom is -0.326 e. The summed E-state index contributed by atoms with van der Waals surface area (Å²) < 4.78 is 0. The van der Waals surface area contributed by atoms with Crippen molar-refractivity contribution in [3.63, 3.8) is 0 Å². The highest BCUT2D eigenvalue weighted by atomic mass is 16.2. The summed E-state index contributed by atoms with van der Waals surface area (Å²) in [6.45, 7) is 6.03. The zero-order valence-electron chi connectivity index (χ0n) is 15.4. The smallest absolute Gasteiger partial charge is 0.226 e.